The van der Waals surface area contributed by atoms with Crippen molar-refractivity contribution >= 4 is 28.1 Å². The van der Waals surface area contributed by atoms with E-state index in [4.69, 9.17) is 11.6 Å². The van der Waals surface area contributed by atoms with Crippen molar-refractivity contribution in [3.05, 3.63) is 41.7 Å². The maximum absolute atomic E-state index is 6.72. The Morgan fingerprint density at radius 3 is 2.45 bits per heavy atom. The Morgan fingerprint density at radius 2 is 1.79 bits per heavy atom. The molecule has 0 bridgehead atoms. The second-order valence-corrected chi connectivity index (χ2v) is 10.1. The molecule has 0 unspecified atom stereocenters. The minimum absolute atomic E-state index is 0.0555. The van der Waals surface area contributed by atoms with Crippen LogP contribution in [0.3, 0.4) is 0 Å². The minimum atomic E-state index is 0.0555. The summed E-state index contributed by atoms with van der Waals surface area (Å²) in [6.45, 7) is 9.21. The standard InChI is InChI=1S/C21H27ClN6S/c1-20(2)11-7-12-21(3,4)28(20)26(5)19-25-24-18(29-19)15-9-6-10-16(17(15)22)27-14-8-13-23-27/h6,8-10,13-14H,7,11-12H2,1-5H3. The monoisotopic (exact) mass is 430 g/mol. The van der Waals surface area contributed by atoms with E-state index >= 15 is 0 Å². The summed E-state index contributed by atoms with van der Waals surface area (Å²) in [6, 6.07) is 7.78. The molecular formula is C21H27ClN6S. The van der Waals surface area contributed by atoms with Crippen molar-refractivity contribution < 1.29 is 0 Å². The molecular weight excluding hydrogens is 404 g/mol. The fourth-order valence-corrected chi connectivity index (χ4v) is 5.80. The van der Waals surface area contributed by atoms with Crippen molar-refractivity contribution in [2.45, 2.75) is 58.0 Å². The van der Waals surface area contributed by atoms with Crippen LogP contribution in [-0.2, 0) is 0 Å². The van der Waals surface area contributed by atoms with Gasteiger partial charge in [-0.3, -0.25) is 5.01 Å². The van der Waals surface area contributed by atoms with Gasteiger partial charge in [-0.05, 0) is 59.1 Å². The highest BCUT2D eigenvalue weighted by molar-refractivity contribution is 7.18. The first-order valence-electron chi connectivity index (χ1n) is 9.87. The summed E-state index contributed by atoms with van der Waals surface area (Å²) in [4.78, 5) is 0. The zero-order valence-corrected chi connectivity index (χ0v) is 19.1. The Hall–Kier alpha value is -1.96. The summed E-state index contributed by atoms with van der Waals surface area (Å²) in [5, 5.41) is 20.2. The van der Waals surface area contributed by atoms with E-state index < -0.39 is 0 Å². The molecule has 3 aromatic rings. The highest BCUT2D eigenvalue weighted by Crippen LogP contribution is 2.42. The average molecular weight is 431 g/mol. The molecule has 2 aromatic heterocycles. The van der Waals surface area contributed by atoms with Crippen molar-refractivity contribution in [1.82, 2.24) is 25.0 Å². The summed E-state index contributed by atoms with van der Waals surface area (Å²) in [5.74, 6) is 0. The molecule has 29 heavy (non-hydrogen) atoms. The number of aromatic nitrogens is 4. The van der Waals surface area contributed by atoms with Gasteiger partial charge in [-0.1, -0.05) is 35.1 Å². The summed E-state index contributed by atoms with van der Waals surface area (Å²) in [7, 11) is 2.08. The van der Waals surface area contributed by atoms with Gasteiger partial charge in [0.2, 0.25) is 5.13 Å². The van der Waals surface area contributed by atoms with Gasteiger partial charge < -0.3 is 0 Å². The molecule has 6 nitrogen and oxygen atoms in total. The van der Waals surface area contributed by atoms with Crippen LogP contribution in [0.5, 0.6) is 0 Å². The van der Waals surface area contributed by atoms with Crippen LogP contribution in [0.1, 0.15) is 47.0 Å². The second-order valence-electron chi connectivity index (χ2n) is 8.79. The van der Waals surface area contributed by atoms with Gasteiger partial charge in [0.25, 0.3) is 0 Å². The van der Waals surface area contributed by atoms with Gasteiger partial charge in [-0.2, -0.15) is 5.10 Å². The highest BCUT2D eigenvalue weighted by Gasteiger charge is 2.44. The lowest BCUT2D eigenvalue weighted by atomic mass is 9.81. The molecule has 3 heterocycles. The van der Waals surface area contributed by atoms with Crippen LogP contribution >= 0.6 is 22.9 Å². The van der Waals surface area contributed by atoms with Crippen molar-refractivity contribution in [1.29, 1.82) is 0 Å². The lowest BCUT2D eigenvalue weighted by Gasteiger charge is -2.55. The molecule has 0 amide bonds. The Morgan fingerprint density at radius 1 is 1.07 bits per heavy atom. The predicted octanol–water partition coefficient (Wildman–Crippen LogP) is 5.44. The average Bonchev–Trinajstić information content (AvgIpc) is 3.32. The number of nitrogens with zero attached hydrogens (tertiary/aromatic N) is 6. The SMILES string of the molecule is CN(c1nnc(-c2cccc(-n3cccn3)c2Cl)s1)N1C(C)(C)CCCC1(C)C. The molecule has 1 fully saturated rings. The number of benzene rings is 1. The third-order valence-corrected chi connectivity index (χ3v) is 7.10. The first-order valence-corrected chi connectivity index (χ1v) is 11.1. The van der Waals surface area contributed by atoms with Crippen molar-refractivity contribution in [2.24, 2.45) is 0 Å². The number of anilines is 1. The summed E-state index contributed by atoms with van der Waals surface area (Å²) < 4.78 is 1.76. The van der Waals surface area contributed by atoms with E-state index in [1.165, 1.54) is 6.42 Å². The van der Waals surface area contributed by atoms with E-state index in [2.05, 4.69) is 60.1 Å². The molecule has 0 spiro atoms. The first-order chi connectivity index (χ1) is 13.7. The van der Waals surface area contributed by atoms with Crippen molar-refractivity contribution in [2.75, 3.05) is 12.1 Å². The van der Waals surface area contributed by atoms with Crippen LogP contribution in [0.2, 0.25) is 5.02 Å². The third-order valence-electron chi connectivity index (χ3n) is 5.68. The van der Waals surface area contributed by atoms with E-state index in [1.54, 1.807) is 22.2 Å². The minimum Gasteiger partial charge on any atom is -0.282 e. The van der Waals surface area contributed by atoms with Gasteiger partial charge in [0.1, 0.15) is 0 Å². The first kappa shape index (κ1) is 20.3. The topological polar surface area (TPSA) is 50.1 Å². The highest BCUT2D eigenvalue weighted by atomic mass is 35.5. The summed E-state index contributed by atoms with van der Waals surface area (Å²) in [5.41, 5.74) is 1.81. The molecule has 0 N–H and O–H groups in total. The molecule has 154 valence electrons. The van der Waals surface area contributed by atoms with E-state index in [1.807, 2.05) is 30.5 Å². The van der Waals surface area contributed by atoms with E-state index in [-0.39, 0.29) is 11.1 Å². The number of hydrogen-bond donors (Lipinski definition) is 0. The van der Waals surface area contributed by atoms with E-state index in [9.17, 15) is 0 Å². The maximum atomic E-state index is 6.72. The fourth-order valence-electron chi connectivity index (χ4n) is 4.61. The molecule has 1 saturated heterocycles. The number of rotatable bonds is 4. The normalized spacial score (nSPS) is 18.7. The van der Waals surface area contributed by atoms with Crippen LogP contribution < -0.4 is 5.01 Å². The van der Waals surface area contributed by atoms with E-state index in [0.717, 1.165) is 34.2 Å². The lowest BCUT2D eigenvalue weighted by molar-refractivity contribution is -0.0326. The maximum Gasteiger partial charge on any atom is 0.222 e. The third kappa shape index (κ3) is 3.67. The quantitative estimate of drug-likeness (QED) is 0.551. The zero-order valence-electron chi connectivity index (χ0n) is 17.6. The number of hydrazine groups is 1. The smallest absolute Gasteiger partial charge is 0.222 e. The van der Waals surface area contributed by atoms with Crippen LogP contribution in [0.25, 0.3) is 16.3 Å². The number of hydrogen-bond acceptors (Lipinski definition) is 6. The lowest BCUT2D eigenvalue weighted by Crippen LogP contribution is -2.64. The second kappa shape index (κ2) is 7.38. The zero-order chi connectivity index (χ0) is 20.8. The molecule has 1 aromatic carbocycles. The molecule has 0 atom stereocenters. The van der Waals surface area contributed by atoms with Gasteiger partial charge >= 0.3 is 0 Å². The Labute approximate surface area is 181 Å². The number of halogens is 1. The van der Waals surface area contributed by atoms with Crippen molar-refractivity contribution in [3.63, 3.8) is 0 Å². The van der Waals surface area contributed by atoms with Gasteiger partial charge in [-0.15, -0.1) is 10.2 Å². The molecule has 0 aliphatic carbocycles. The Balaban J connectivity index is 1.68. The largest absolute Gasteiger partial charge is 0.282 e. The summed E-state index contributed by atoms with van der Waals surface area (Å²) >= 11 is 8.27. The molecule has 0 radical (unpaired) electrons. The summed E-state index contributed by atoms with van der Waals surface area (Å²) in [6.07, 6.45) is 7.17. The van der Waals surface area contributed by atoms with Crippen LogP contribution in [0.15, 0.2) is 36.7 Å². The molecule has 8 heteroatoms. The molecule has 0 saturated carbocycles. The Kier molecular flexibility index (Phi) is 5.17. The predicted molar refractivity (Wildman–Crippen MR) is 120 cm³/mol. The fraction of sp³-hybridized carbons (Fsp3) is 0.476. The number of piperidine rings is 1. The Bertz CT molecular complexity index is 979. The molecule has 4 rings (SSSR count). The van der Waals surface area contributed by atoms with Crippen molar-refractivity contribution in [3.8, 4) is 16.3 Å². The van der Waals surface area contributed by atoms with Gasteiger partial charge in [0, 0.05) is 36.1 Å². The van der Waals surface area contributed by atoms with Crippen LogP contribution in [0, 0.1) is 0 Å². The van der Waals surface area contributed by atoms with Crippen LogP contribution in [0.4, 0.5) is 5.13 Å². The molecule has 1 aliphatic heterocycles. The van der Waals surface area contributed by atoms with Crippen LogP contribution in [-0.4, -0.2) is 43.1 Å². The van der Waals surface area contributed by atoms with Gasteiger partial charge in [0.15, 0.2) is 5.01 Å². The van der Waals surface area contributed by atoms with Gasteiger partial charge in [0.05, 0.1) is 10.7 Å². The molecule has 1 aliphatic rings. The van der Waals surface area contributed by atoms with E-state index in [0.29, 0.717) is 5.02 Å². The van der Waals surface area contributed by atoms with Gasteiger partial charge in [-0.25, -0.2) is 9.69 Å².